The Morgan fingerprint density at radius 2 is 1.88 bits per heavy atom. The lowest BCUT2D eigenvalue weighted by Crippen LogP contribution is -2.19. The van der Waals surface area contributed by atoms with E-state index in [4.69, 9.17) is 4.98 Å². The Morgan fingerprint density at radius 1 is 1.00 bits per heavy atom. The molecule has 158 valence electrons. The number of hydrogen-bond donors (Lipinski definition) is 0. The Labute approximate surface area is 183 Å². The van der Waals surface area contributed by atoms with Crippen molar-refractivity contribution in [2.45, 2.75) is 13.8 Å². The summed E-state index contributed by atoms with van der Waals surface area (Å²) in [7, 11) is 0. The van der Waals surface area contributed by atoms with Gasteiger partial charge in [-0.3, -0.25) is 0 Å². The molecular weight excluding hydrogens is 407 g/mol. The fraction of sp³-hybridized carbons (Fsp3) is 0.130. The predicted octanol–water partition coefficient (Wildman–Crippen LogP) is 4.27. The Kier molecular flexibility index (Phi) is 4.98. The Hall–Kier alpha value is -4.27. The fourth-order valence-electron chi connectivity index (χ4n) is 3.52. The molecule has 0 saturated heterocycles. The van der Waals surface area contributed by atoms with Crippen molar-refractivity contribution in [2.75, 3.05) is 11.4 Å². The number of nitrogens with zero attached hydrogens (tertiary/aromatic N) is 8. The number of fused-ring (bicyclic) bond motifs is 1. The molecule has 0 fully saturated rings. The molecule has 0 aliphatic carbocycles. The molecule has 3 heterocycles. The van der Waals surface area contributed by atoms with Crippen LogP contribution in [0.15, 0.2) is 67.0 Å². The number of aryl methyl sites for hydroxylation is 1. The first-order valence-electron chi connectivity index (χ1n) is 10.1. The van der Waals surface area contributed by atoms with E-state index in [1.165, 1.54) is 16.8 Å². The number of halogens is 1. The zero-order valence-corrected chi connectivity index (χ0v) is 17.5. The van der Waals surface area contributed by atoms with Gasteiger partial charge in [0.2, 0.25) is 5.95 Å². The van der Waals surface area contributed by atoms with Crippen LogP contribution in [0.25, 0.3) is 28.1 Å². The highest BCUT2D eigenvalue weighted by Crippen LogP contribution is 2.28. The van der Waals surface area contributed by atoms with Gasteiger partial charge in [-0.05, 0) is 50.2 Å². The van der Waals surface area contributed by atoms with Gasteiger partial charge in [-0.25, -0.2) is 19.3 Å². The van der Waals surface area contributed by atoms with E-state index >= 15 is 0 Å². The molecule has 3 aromatic heterocycles. The van der Waals surface area contributed by atoms with Gasteiger partial charge in [0.15, 0.2) is 11.2 Å². The van der Waals surface area contributed by atoms with E-state index in [0.717, 1.165) is 16.9 Å². The van der Waals surface area contributed by atoms with Crippen molar-refractivity contribution in [3.8, 4) is 16.9 Å². The van der Waals surface area contributed by atoms with Gasteiger partial charge in [0.25, 0.3) is 0 Å². The van der Waals surface area contributed by atoms with E-state index in [1.54, 1.807) is 24.5 Å². The maximum absolute atomic E-state index is 13.7. The van der Waals surface area contributed by atoms with Crippen LogP contribution in [0.1, 0.15) is 12.7 Å². The maximum Gasteiger partial charge on any atom is 0.232 e. The van der Waals surface area contributed by atoms with Crippen LogP contribution in [-0.2, 0) is 0 Å². The van der Waals surface area contributed by atoms with Crippen LogP contribution in [0.2, 0.25) is 0 Å². The third kappa shape index (κ3) is 3.64. The van der Waals surface area contributed by atoms with Gasteiger partial charge >= 0.3 is 0 Å². The molecule has 32 heavy (non-hydrogen) atoms. The Morgan fingerprint density at radius 3 is 2.69 bits per heavy atom. The van der Waals surface area contributed by atoms with Crippen molar-refractivity contribution < 1.29 is 4.39 Å². The molecule has 2 aromatic carbocycles. The van der Waals surface area contributed by atoms with Crippen molar-refractivity contribution in [1.82, 2.24) is 34.9 Å². The SMILES string of the molecule is CCN(c1cccc(-c2ccnc(C)n2)c1)c1ncc2nnn(-c3cccc(F)c3)c2n1. The summed E-state index contributed by atoms with van der Waals surface area (Å²) in [5, 5.41) is 8.25. The molecule has 0 N–H and O–H groups in total. The van der Waals surface area contributed by atoms with Crippen LogP contribution in [-0.4, -0.2) is 41.5 Å². The fourth-order valence-corrected chi connectivity index (χ4v) is 3.52. The molecule has 0 aliphatic heterocycles. The number of rotatable bonds is 5. The average Bonchev–Trinajstić information content (AvgIpc) is 3.23. The minimum atomic E-state index is -0.354. The molecule has 5 rings (SSSR count). The number of benzene rings is 2. The molecule has 5 aromatic rings. The highest BCUT2D eigenvalue weighted by Gasteiger charge is 2.16. The normalized spacial score (nSPS) is 11.1. The minimum Gasteiger partial charge on any atom is -0.311 e. The van der Waals surface area contributed by atoms with Crippen molar-refractivity contribution >= 4 is 22.8 Å². The second kappa shape index (κ2) is 8.10. The summed E-state index contributed by atoms with van der Waals surface area (Å²) in [6.07, 6.45) is 3.38. The lowest BCUT2D eigenvalue weighted by molar-refractivity contribution is 0.625. The standard InChI is InChI=1S/C23H19FN8/c1-3-31(18-8-4-6-16(12-18)20-10-11-25-15(2)27-20)23-26-14-21-22(28-23)32(30-29-21)19-9-5-7-17(24)13-19/h4-14H,3H2,1-2H3. The average molecular weight is 426 g/mol. The zero-order valence-electron chi connectivity index (χ0n) is 17.5. The highest BCUT2D eigenvalue weighted by atomic mass is 19.1. The van der Waals surface area contributed by atoms with Gasteiger partial charge in [-0.15, -0.1) is 5.10 Å². The van der Waals surface area contributed by atoms with Gasteiger partial charge in [0.1, 0.15) is 11.6 Å². The first kappa shape index (κ1) is 19.7. The second-order valence-electron chi connectivity index (χ2n) is 7.14. The van der Waals surface area contributed by atoms with Gasteiger partial charge in [0.05, 0.1) is 17.6 Å². The predicted molar refractivity (Wildman–Crippen MR) is 119 cm³/mol. The first-order chi connectivity index (χ1) is 15.6. The molecule has 0 atom stereocenters. The smallest absolute Gasteiger partial charge is 0.232 e. The molecule has 0 saturated carbocycles. The molecule has 0 bridgehead atoms. The summed E-state index contributed by atoms with van der Waals surface area (Å²) in [4.78, 5) is 19.9. The highest BCUT2D eigenvalue weighted by molar-refractivity contribution is 5.74. The molecule has 0 spiro atoms. The van der Waals surface area contributed by atoms with Crippen molar-refractivity contribution in [1.29, 1.82) is 0 Å². The topological polar surface area (TPSA) is 85.5 Å². The van der Waals surface area contributed by atoms with Crippen molar-refractivity contribution in [3.63, 3.8) is 0 Å². The largest absolute Gasteiger partial charge is 0.311 e. The van der Waals surface area contributed by atoms with E-state index in [2.05, 4.69) is 25.3 Å². The molecule has 0 amide bonds. The van der Waals surface area contributed by atoms with Gasteiger partial charge < -0.3 is 4.90 Å². The lowest BCUT2D eigenvalue weighted by atomic mass is 10.1. The molecule has 9 heteroatoms. The van der Waals surface area contributed by atoms with Crippen LogP contribution in [0.4, 0.5) is 16.0 Å². The van der Waals surface area contributed by atoms with E-state index in [0.29, 0.717) is 35.2 Å². The summed E-state index contributed by atoms with van der Waals surface area (Å²) in [5.74, 6) is 0.857. The summed E-state index contributed by atoms with van der Waals surface area (Å²) in [6, 6.07) is 16.1. The molecule has 0 radical (unpaired) electrons. The minimum absolute atomic E-state index is 0.354. The van der Waals surface area contributed by atoms with Crippen molar-refractivity contribution in [2.24, 2.45) is 0 Å². The summed E-state index contributed by atoms with van der Waals surface area (Å²) < 4.78 is 15.2. The molecule has 0 unspecified atom stereocenters. The number of aromatic nitrogens is 7. The van der Waals surface area contributed by atoms with Crippen LogP contribution in [0, 0.1) is 12.7 Å². The molecule has 0 aliphatic rings. The van der Waals surface area contributed by atoms with Gasteiger partial charge in [-0.2, -0.15) is 9.67 Å². The quantitative estimate of drug-likeness (QED) is 0.415. The van der Waals surface area contributed by atoms with Gasteiger partial charge in [-0.1, -0.05) is 23.4 Å². The second-order valence-corrected chi connectivity index (χ2v) is 7.14. The first-order valence-corrected chi connectivity index (χ1v) is 10.1. The zero-order chi connectivity index (χ0) is 22.1. The van der Waals surface area contributed by atoms with E-state index < -0.39 is 0 Å². The number of anilines is 2. The van der Waals surface area contributed by atoms with E-state index in [9.17, 15) is 4.39 Å². The molecule has 8 nitrogen and oxygen atoms in total. The van der Waals surface area contributed by atoms with Crippen molar-refractivity contribution in [3.05, 3.63) is 78.6 Å². The van der Waals surface area contributed by atoms with Crippen LogP contribution >= 0.6 is 0 Å². The molecular formula is C23H19FN8. The van der Waals surface area contributed by atoms with Gasteiger partial charge in [0, 0.05) is 24.0 Å². The van der Waals surface area contributed by atoms with E-state index in [1.807, 2.05) is 49.1 Å². The van der Waals surface area contributed by atoms with Crippen LogP contribution in [0.5, 0.6) is 0 Å². The number of hydrogen-bond acceptors (Lipinski definition) is 7. The van der Waals surface area contributed by atoms with E-state index in [-0.39, 0.29) is 5.82 Å². The maximum atomic E-state index is 13.7. The third-order valence-electron chi connectivity index (χ3n) is 5.02. The summed E-state index contributed by atoms with van der Waals surface area (Å²) >= 11 is 0. The summed E-state index contributed by atoms with van der Waals surface area (Å²) in [5.41, 5.74) is 4.31. The van der Waals surface area contributed by atoms with Crippen LogP contribution in [0.3, 0.4) is 0 Å². The summed E-state index contributed by atoms with van der Waals surface area (Å²) in [6.45, 7) is 4.53. The lowest BCUT2D eigenvalue weighted by Gasteiger charge is -2.21. The monoisotopic (exact) mass is 426 g/mol. The Balaban J connectivity index is 1.57. The third-order valence-corrected chi connectivity index (χ3v) is 5.02. The Bertz CT molecular complexity index is 1410. The van der Waals surface area contributed by atoms with Crippen LogP contribution < -0.4 is 4.90 Å².